The van der Waals surface area contributed by atoms with Crippen molar-refractivity contribution in [2.45, 2.75) is 70.1 Å². The Kier molecular flexibility index (Phi) is 7.50. The van der Waals surface area contributed by atoms with E-state index in [1.807, 2.05) is 6.92 Å². The molecule has 1 heterocycles. The molecule has 1 saturated heterocycles. The van der Waals surface area contributed by atoms with Crippen molar-refractivity contribution in [1.29, 1.82) is 0 Å². The number of nitrogens with one attached hydrogen (secondary N) is 1. The maximum atomic E-state index is 12.6. The van der Waals surface area contributed by atoms with E-state index in [0.29, 0.717) is 11.3 Å². The highest BCUT2D eigenvalue weighted by atomic mass is 19.4. The van der Waals surface area contributed by atoms with Gasteiger partial charge in [0.25, 0.3) is 0 Å². The van der Waals surface area contributed by atoms with Crippen molar-refractivity contribution in [3.63, 3.8) is 0 Å². The molecule has 1 aliphatic heterocycles. The Hall–Kier alpha value is -1.80. The van der Waals surface area contributed by atoms with Crippen LogP contribution in [0.1, 0.15) is 51.9 Å². The van der Waals surface area contributed by atoms with Gasteiger partial charge >= 0.3 is 18.1 Å². The van der Waals surface area contributed by atoms with Gasteiger partial charge in [0.15, 0.2) is 0 Å². The molecule has 0 aliphatic carbocycles. The lowest BCUT2D eigenvalue weighted by molar-refractivity contribution is -0.186. The van der Waals surface area contributed by atoms with E-state index in [1.54, 1.807) is 0 Å². The fourth-order valence-electron chi connectivity index (χ4n) is 2.75. The highest BCUT2D eigenvalue weighted by Gasteiger charge is 2.47. The van der Waals surface area contributed by atoms with E-state index < -0.39 is 36.0 Å². The largest absolute Gasteiger partial charge is 0.480 e. The van der Waals surface area contributed by atoms with Crippen LogP contribution in [0.4, 0.5) is 13.2 Å². The molecule has 9 heteroatoms. The lowest BCUT2D eigenvalue weighted by Gasteiger charge is -2.26. The topological polar surface area (TPSA) is 86.7 Å². The first-order valence-electron chi connectivity index (χ1n) is 8.09. The van der Waals surface area contributed by atoms with Crippen LogP contribution >= 0.6 is 0 Å². The van der Waals surface area contributed by atoms with Crippen molar-refractivity contribution in [3.8, 4) is 0 Å². The summed E-state index contributed by atoms with van der Waals surface area (Å²) in [5.74, 6) is -4.13. The van der Waals surface area contributed by atoms with E-state index in [4.69, 9.17) is 5.11 Å². The number of nitrogens with zero attached hydrogens (tertiary/aromatic N) is 1. The molecule has 1 fully saturated rings. The van der Waals surface area contributed by atoms with Crippen molar-refractivity contribution < 1.29 is 32.7 Å². The molecule has 0 spiro atoms. The first-order valence-corrected chi connectivity index (χ1v) is 8.09. The van der Waals surface area contributed by atoms with Crippen LogP contribution in [-0.2, 0) is 14.4 Å². The fourth-order valence-corrected chi connectivity index (χ4v) is 2.75. The number of carboxylic acids is 1. The lowest BCUT2D eigenvalue weighted by atomic mass is 10.1. The first-order chi connectivity index (χ1) is 11.2. The van der Waals surface area contributed by atoms with Gasteiger partial charge in [0.1, 0.15) is 12.1 Å². The van der Waals surface area contributed by atoms with Gasteiger partial charge in [-0.05, 0) is 19.3 Å². The Bertz CT molecular complexity index is 468. The van der Waals surface area contributed by atoms with E-state index >= 15 is 0 Å². The van der Waals surface area contributed by atoms with Crippen LogP contribution < -0.4 is 5.32 Å². The molecule has 1 rings (SSSR count). The van der Waals surface area contributed by atoms with Crippen molar-refractivity contribution in [3.05, 3.63) is 0 Å². The third kappa shape index (κ3) is 5.68. The molecule has 0 aromatic rings. The normalized spacial score (nSPS) is 19.2. The summed E-state index contributed by atoms with van der Waals surface area (Å²) in [6, 6.07) is -2.42. The predicted molar refractivity (Wildman–Crippen MR) is 79.1 cm³/mol. The molecule has 1 unspecified atom stereocenters. The summed E-state index contributed by atoms with van der Waals surface area (Å²) in [4.78, 5) is 35.2. The van der Waals surface area contributed by atoms with Gasteiger partial charge in [0, 0.05) is 6.54 Å². The maximum absolute atomic E-state index is 12.6. The lowest BCUT2D eigenvalue weighted by Crippen LogP contribution is -2.53. The van der Waals surface area contributed by atoms with Gasteiger partial charge in [-0.15, -0.1) is 0 Å². The van der Waals surface area contributed by atoms with E-state index in [0.717, 1.165) is 19.3 Å². The van der Waals surface area contributed by atoms with Gasteiger partial charge in [-0.25, -0.2) is 4.79 Å². The SMILES string of the molecule is CCCCCCC(NC(=O)[C@@H]1CCCN1C(=O)C(F)(F)F)C(=O)O. The number of hydrogen-bond acceptors (Lipinski definition) is 3. The minimum Gasteiger partial charge on any atom is -0.480 e. The van der Waals surface area contributed by atoms with E-state index in [1.165, 1.54) is 0 Å². The molecule has 6 nitrogen and oxygen atoms in total. The van der Waals surface area contributed by atoms with Crippen LogP contribution in [0.25, 0.3) is 0 Å². The summed E-state index contributed by atoms with van der Waals surface area (Å²) in [7, 11) is 0. The minimum atomic E-state index is -5.05. The molecule has 24 heavy (non-hydrogen) atoms. The second-order valence-corrected chi connectivity index (χ2v) is 5.90. The number of rotatable bonds is 8. The average molecular weight is 352 g/mol. The zero-order valence-corrected chi connectivity index (χ0v) is 13.6. The van der Waals surface area contributed by atoms with Gasteiger partial charge in [-0.2, -0.15) is 13.2 Å². The van der Waals surface area contributed by atoms with Crippen LogP contribution in [0.15, 0.2) is 0 Å². The molecule has 0 aromatic carbocycles. The smallest absolute Gasteiger partial charge is 0.471 e. The standard InChI is InChI=1S/C15H23F3N2O4/c1-2-3-4-5-7-10(13(22)23)19-12(21)11-8-6-9-20(11)14(24)15(16,17)18/h10-11H,2-9H2,1H3,(H,19,21)(H,22,23)/t10?,11-/m0/s1. The Morgan fingerprint density at radius 1 is 1.25 bits per heavy atom. The molecule has 2 N–H and O–H groups in total. The highest BCUT2D eigenvalue weighted by molar-refractivity contribution is 5.92. The molecular weight excluding hydrogens is 329 g/mol. The number of likely N-dealkylation sites (tertiary alicyclic amines) is 1. The number of carbonyl (C=O) groups is 3. The molecular formula is C15H23F3N2O4. The molecule has 1 aliphatic rings. The number of carboxylic acid groups (broad SMARTS) is 1. The third-order valence-corrected chi connectivity index (χ3v) is 4.02. The Labute approximate surface area is 138 Å². The quantitative estimate of drug-likeness (QED) is 0.655. The number of hydrogen-bond donors (Lipinski definition) is 2. The van der Waals surface area contributed by atoms with Crippen LogP contribution in [-0.4, -0.2) is 52.6 Å². The van der Waals surface area contributed by atoms with Crippen LogP contribution in [0.5, 0.6) is 0 Å². The number of halogens is 3. The summed E-state index contributed by atoms with van der Waals surface area (Å²) in [5.41, 5.74) is 0. The Morgan fingerprint density at radius 3 is 2.46 bits per heavy atom. The van der Waals surface area contributed by atoms with Gasteiger partial charge in [-0.1, -0.05) is 32.6 Å². The molecule has 2 atom stereocenters. The molecule has 0 radical (unpaired) electrons. The Morgan fingerprint density at radius 2 is 1.92 bits per heavy atom. The summed E-state index contributed by atoms with van der Waals surface area (Å²) < 4.78 is 37.7. The van der Waals surface area contributed by atoms with Crippen LogP contribution in [0, 0.1) is 0 Å². The Balaban J connectivity index is 2.65. The molecule has 0 saturated carbocycles. The number of carbonyl (C=O) groups excluding carboxylic acids is 2. The second-order valence-electron chi connectivity index (χ2n) is 5.90. The monoisotopic (exact) mass is 352 g/mol. The number of amides is 2. The maximum Gasteiger partial charge on any atom is 0.471 e. The van der Waals surface area contributed by atoms with Crippen molar-refractivity contribution >= 4 is 17.8 Å². The number of unbranched alkanes of at least 4 members (excludes halogenated alkanes) is 3. The summed E-state index contributed by atoms with van der Waals surface area (Å²) in [6.07, 6.45) is -1.14. The third-order valence-electron chi connectivity index (χ3n) is 4.02. The van der Waals surface area contributed by atoms with E-state index in [9.17, 15) is 27.6 Å². The van der Waals surface area contributed by atoms with Gasteiger partial charge in [0.05, 0.1) is 0 Å². The van der Waals surface area contributed by atoms with Crippen molar-refractivity contribution in [2.75, 3.05) is 6.54 Å². The molecule has 2 amide bonds. The minimum absolute atomic E-state index is 0.0931. The number of alkyl halides is 3. The predicted octanol–water partition coefficient (Wildman–Crippen LogP) is 2.08. The average Bonchev–Trinajstić information content (AvgIpc) is 2.97. The first kappa shape index (κ1) is 20.2. The molecule has 0 aromatic heterocycles. The zero-order chi connectivity index (χ0) is 18.3. The molecule has 0 bridgehead atoms. The van der Waals surface area contributed by atoms with E-state index in [-0.39, 0.29) is 25.8 Å². The highest BCUT2D eigenvalue weighted by Crippen LogP contribution is 2.25. The van der Waals surface area contributed by atoms with Gasteiger partial charge in [0.2, 0.25) is 5.91 Å². The zero-order valence-electron chi connectivity index (χ0n) is 13.6. The van der Waals surface area contributed by atoms with Gasteiger partial charge < -0.3 is 15.3 Å². The second kappa shape index (κ2) is 8.89. The van der Waals surface area contributed by atoms with Crippen LogP contribution in [0.2, 0.25) is 0 Å². The van der Waals surface area contributed by atoms with Crippen molar-refractivity contribution in [2.24, 2.45) is 0 Å². The van der Waals surface area contributed by atoms with Gasteiger partial charge in [-0.3, -0.25) is 9.59 Å². The summed E-state index contributed by atoms with van der Waals surface area (Å²) >= 11 is 0. The van der Waals surface area contributed by atoms with Crippen molar-refractivity contribution in [1.82, 2.24) is 10.2 Å². The van der Waals surface area contributed by atoms with Crippen LogP contribution in [0.3, 0.4) is 0 Å². The fraction of sp³-hybridized carbons (Fsp3) is 0.800. The summed E-state index contributed by atoms with van der Waals surface area (Å²) in [6.45, 7) is 1.84. The molecule has 138 valence electrons. The number of aliphatic carboxylic acids is 1. The summed E-state index contributed by atoms with van der Waals surface area (Å²) in [5, 5.41) is 11.4. The van der Waals surface area contributed by atoms with E-state index in [2.05, 4.69) is 5.32 Å².